The van der Waals surface area contributed by atoms with Crippen LogP contribution in [0.15, 0.2) is 55.1 Å². The van der Waals surface area contributed by atoms with Crippen LogP contribution < -0.4 is 5.32 Å². The number of hydrogen-bond donors (Lipinski definition) is 1. The van der Waals surface area contributed by atoms with Crippen molar-refractivity contribution in [3.05, 3.63) is 60.7 Å². The second-order valence-corrected chi connectivity index (χ2v) is 6.20. The molecule has 1 fully saturated rings. The molecule has 0 unspecified atom stereocenters. The minimum absolute atomic E-state index is 0.244. The summed E-state index contributed by atoms with van der Waals surface area (Å²) in [5.41, 5.74) is -0.285. The van der Waals surface area contributed by atoms with Gasteiger partial charge in [0.25, 0.3) is 5.91 Å². The number of nitrogens with one attached hydrogen (secondary N) is 1. The predicted molar refractivity (Wildman–Crippen MR) is 91.6 cm³/mol. The molecule has 25 heavy (non-hydrogen) atoms. The Hall–Kier alpha value is -3.22. The Morgan fingerprint density at radius 1 is 1.08 bits per heavy atom. The summed E-state index contributed by atoms with van der Waals surface area (Å²) in [6.45, 7) is 2.41. The molecule has 1 N–H and O–H groups in total. The summed E-state index contributed by atoms with van der Waals surface area (Å²) in [5.74, 6) is -0.256. The fourth-order valence-electron chi connectivity index (χ4n) is 3.29. The van der Waals surface area contributed by atoms with Gasteiger partial charge in [0, 0.05) is 0 Å². The number of rotatable bonds is 4. The van der Waals surface area contributed by atoms with Crippen LogP contribution in [0.1, 0.15) is 12.5 Å². The summed E-state index contributed by atoms with van der Waals surface area (Å²) in [5, 5.41) is 8.85. The number of aromatic nitrogens is 3. The first-order valence-electron chi connectivity index (χ1n) is 8.04. The van der Waals surface area contributed by atoms with Crippen molar-refractivity contribution in [2.45, 2.75) is 19.0 Å². The summed E-state index contributed by atoms with van der Waals surface area (Å²) in [6, 6.07) is 13.2. The number of amides is 3. The van der Waals surface area contributed by atoms with Gasteiger partial charge in [-0.25, -0.2) is 9.78 Å². The molecule has 7 heteroatoms. The van der Waals surface area contributed by atoms with E-state index in [1.807, 2.05) is 42.5 Å². The number of nitrogens with zero attached hydrogens (tertiary/aromatic N) is 4. The molecular formula is C18H17N5O2. The van der Waals surface area contributed by atoms with Gasteiger partial charge in [0.2, 0.25) is 0 Å². The highest BCUT2D eigenvalue weighted by Gasteiger charge is 2.49. The van der Waals surface area contributed by atoms with E-state index in [1.165, 1.54) is 11.2 Å². The van der Waals surface area contributed by atoms with Crippen molar-refractivity contribution in [2.75, 3.05) is 6.54 Å². The average Bonchev–Trinajstić information content (AvgIpc) is 3.21. The minimum Gasteiger partial charge on any atom is -0.319 e. The van der Waals surface area contributed by atoms with Crippen molar-refractivity contribution in [1.82, 2.24) is 25.0 Å². The fourth-order valence-corrected chi connectivity index (χ4v) is 3.29. The fraction of sp³-hybridized carbons (Fsp3) is 0.222. The minimum atomic E-state index is -1.08. The molecule has 1 saturated heterocycles. The molecule has 4 rings (SSSR count). The van der Waals surface area contributed by atoms with E-state index >= 15 is 0 Å². The van der Waals surface area contributed by atoms with Crippen molar-refractivity contribution >= 4 is 22.7 Å². The normalized spacial score (nSPS) is 20.3. The predicted octanol–water partition coefficient (Wildman–Crippen LogP) is 1.90. The zero-order valence-electron chi connectivity index (χ0n) is 13.7. The molecule has 1 aromatic heterocycles. The van der Waals surface area contributed by atoms with E-state index in [-0.39, 0.29) is 18.5 Å². The van der Waals surface area contributed by atoms with E-state index in [0.29, 0.717) is 6.54 Å². The quantitative estimate of drug-likeness (QED) is 0.739. The number of carbonyl (C=O) groups is 2. The van der Waals surface area contributed by atoms with Gasteiger partial charge >= 0.3 is 6.03 Å². The van der Waals surface area contributed by atoms with Crippen LogP contribution in [0.5, 0.6) is 0 Å². The molecule has 126 valence electrons. The van der Waals surface area contributed by atoms with E-state index in [2.05, 4.69) is 15.4 Å². The maximum absolute atomic E-state index is 13.0. The molecule has 7 nitrogen and oxygen atoms in total. The zero-order valence-corrected chi connectivity index (χ0v) is 13.7. The molecule has 3 amide bonds. The standard InChI is InChI=1S/C18H17N5O2/c1-18(15-8-4-6-13-5-2-3-7-14(13)15)16(24)23(17(25)21-18)10-9-22-12-19-11-20-22/h2-8,11-12H,9-10H2,1H3,(H,21,25)/t18-/m0/s1. The summed E-state index contributed by atoms with van der Waals surface area (Å²) >= 11 is 0. The lowest BCUT2D eigenvalue weighted by Crippen LogP contribution is -2.41. The number of benzene rings is 2. The molecule has 0 saturated carbocycles. The van der Waals surface area contributed by atoms with Crippen LogP contribution in [0.3, 0.4) is 0 Å². The van der Waals surface area contributed by atoms with E-state index in [9.17, 15) is 9.59 Å². The van der Waals surface area contributed by atoms with Gasteiger partial charge in [0.05, 0.1) is 13.1 Å². The molecule has 3 aromatic rings. The van der Waals surface area contributed by atoms with Crippen LogP contribution in [-0.4, -0.2) is 38.1 Å². The Balaban J connectivity index is 1.67. The summed E-state index contributed by atoms with van der Waals surface area (Å²) < 4.78 is 1.59. The molecule has 1 atom stereocenters. The zero-order chi connectivity index (χ0) is 17.4. The lowest BCUT2D eigenvalue weighted by atomic mass is 9.88. The third-order valence-corrected chi connectivity index (χ3v) is 4.62. The van der Waals surface area contributed by atoms with Crippen LogP contribution in [0.2, 0.25) is 0 Å². The second kappa shape index (κ2) is 5.70. The van der Waals surface area contributed by atoms with E-state index in [1.54, 1.807) is 17.9 Å². The maximum Gasteiger partial charge on any atom is 0.325 e. The summed E-state index contributed by atoms with van der Waals surface area (Å²) in [7, 11) is 0. The van der Waals surface area contributed by atoms with Gasteiger partial charge in [-0.2, -0.15) is 5.10 Å². The smallest absolute Gasteiger partial charge is 0.319 e. The van der Waals surface area contributed by atoms with E-state index in [0.717, 1.165) is 16.3 Å². The molecule has 0 bridgehead atoms. The van der Waals surface area contributed by atoms with E-state index in [4.69, 9.17) is 0 Å². The molecule has 0 aliphatic carbocycles. The molecule has 1 aliphatic rings. The molecule has 0 radical (unpaired) electrons. The highest BCUT2D eigenvalue weighted by Crippen LogP contribution is 2.33. The molecule has 2 heterocycles. The van der Waals surface area contributed by atoms with Crippen molar-refractivity contribution < 1.29 is 9.59 Å². The number of imide groups is 1. The summed E-state index contributed by atoms with van der Waals surface area (Å²) in [4.78, 5) is 30.6. The Morgan fingerprint density at radius 3 is 2.68 bits per heavy atom. The Labute approximate surface area is 144 Å². The SMILES string of the molecule is C[C@@]1(c2cccc3ccccc23)NC(=O)N(CCn2cncn2)C1=O. The number of carbonyl (C=O) groups excluding carboxylic acids is 2. The highest BCUT2D eigenvalue weighted by atomic mass is 16.2. The van der Waals surface area contributed by atoms with Gasteiger partial charge < -0.3 is 5.32 Å². The van der Waals surface area contributed by atoms with Crippen LogP contribution in [0, 0.1) is 0 Å². The Kier molecular flexibility index (Phi) is 3.49. The molecule has 1 aliphatic heterocycles. The monoisotopic (exact) mass is 335 g/mol. The number of urea groups is 1. The van der Waals surface area contributed by atoms with Crippen molar-refractivity contribution in [1.29, 1.82) is 0 Å². The second-order valence-electron chi connectivity index (χ2n) is 6.20. The largest absolute Gasteiger partial charge is 0.325 e. The number of fused-ring (bicyclic) bond motifs is 1. The number of hydrogen-bond acceptors (Lipinski definition) is 4. The van der Waals surface area contributed by atoms with Gasteiger partial charge in [-0.05, 0) is 23.3 Å². The lowest BCUT2D eigenvalue weighted by molar-refractivity contribution is -0.131. The molecule has 0 spiro atoms. The summed E-state index contributed by atoms with van der Waals surface area (Å²) in [6.07, 6.45) is 2.98. The van der Waals surface area contributed by atoms with Crippen molar-refractivity contribution in [3.8, 4) is 0 Å². The molecule has 2 aromatic carbocycles. The third kappa shape index (κ3) is 2.44. The van der Waals surface area contributed by atoms with Crippen molar-refractivity contribution in [3.63, 3.8) is 0 Å². The van der Waals surface area contributed by atoms with Crippen LogP contribution in [0.4, 0.5) is 4.79 Å². The topological polar surface area (TPSA) is 80.1 Å². The third-order valence-electron chi connectivity index (χ3n) is 4.62. The van der Waals surface area contributed by atoms with Gasteiger partial charge in [-0.3, -0.25) is 14.4 Å². The van der Waals surface area contributed by atoms with Crippen LogP contribution in [0.25, 0.3) is 10.8 Å². The average molecular weight is 335 g/mol. The highest BCUT2D eigenvalue weighted by molar-refractivity contribution is 6.09. The van der Waals surface area contributed by atoms with Crippen LogP contribution in [-0.2, 0) is 16.9 Å². The first-order chi connectivity index (χ1) is 12.1. The van der Waals surface area contributed by atoms with Crippen molar-refractivity contribution in [2.24, 2.45) is 0 Å². The van der Waals surface area contributed by atoms with Gasteiger partial charge in [-0.15, -0.1) is 0 Å². The van der Waals surface area contributed by atoms with Crippen LogP contribution >= 0.6 is 0 Å². The van der Waals surface area contributed by atoms with Gasteiger partial charge in [0.15, 0.2) is 0 Å². The Morgan fingerprint density at radius 2 is 1.88 bits per heavy atom. The first kappa shape index (κ1) is 15.3. The lowest BCUT2D eigenvalue weighted by Gasteiger charge is -2.24. The van der Waals surface area contributed by atoms with Gasteiger partial charge in [0.1, 0.15) is 18.2 Å². The van der Waals surface area contributed by atoms with E-state index < -0.39 is 5.54 Å². The Bertz CT molecular complexity index is 948. The first-order valence-corrected chi connectivity index (χ1v) is 8.04. The molecular weight excluding hydrogens is 318 g/mol. The maximum atomic E-state index is 13.0. The van der Waals surface area contributed by atoms with Gasteiger partial charge in [-0.1, -0.05) is 42.5 Å².